The van der Waals surface area contributed by atoms with Crippen LogP contribution in [0.25, 0.3) is 0 Å². The van der Waals surface area contributed by atoms with Gasteiger partial charge in [-0.05, 0) is 61.7 Å². The summed E-state index contributed by atoms with van der Waals surface area (Å²) in [4.78, 5) is 6.66. The maximum Gasteiger partial charge on any atom is 0.213 e. The van der Waals surface area contributed by atoms with E-state index in [0.717, 1.165) is 24.7 Å². The number of benzene rings is 1. The van der Waals surface area contributed by atoms with Crippen LogP contribution in [0.1, 0.15) is 38.3 Å². The van der Waals surface area contributed by atoms with E-state index in [-0.39, 0.29) is 6.04 Å². The molecule has 3 rings (SSSR count). The topological polar surface area (TPSA) is 49.4 Å². The number of methoxy groups -OCH3 is 1. The van der Waals surface area contributed by atoms with Crippen LogP contribution in [0.3, 0.4) is 0 Å². The Kier molecular flexibility index (Phi) is 6.50. The lowest BCUT2D eigenvalue weighted by Gasteiger charge is -2.33. The van der Waals surface area contributed by atoms with Gasteiger partial charge in [0, 0.05) is 24.8 Å². The summed E-state index contributed by atoms with van der Waals surface area (Å²) in [6.07, 6.45) is 4.32. The van der Waals surface area contributed by atoms with E-state index in [1.165, 1.54) is 24.1 Å². The molecule has 0 unspecified atom stereocenters. The fourth-order valence-electron chi connectivity index (χ4n) is 3.42. The second-order valence-electron chi connectivity index (χ2n) is 7.19. The number of thiocarbonyl (C=S) groups is 1. The van der Waals surface area contributed by atoms with Crippen molar-refractivity contribution in [1.29, 1.82) is 0 Å². The minimum Gasteiger partial charge on any atom is -0.481 e. The summed E-state index contributed by atoms with van der Waals surface area (Å²) >= 11 is 5.43. The van der Waals surface area contributed by atoms with Crippen molar-refractivity contribution in [3.8, 4) is 5.88 Å². The molecule has 1 aromatic heterocycles. The zero-order valence-electron chi connectivity index (χ0n) is 16.2. The van der Waals surface area contributed by atoms with Gasteiger partial charge in [0.15, 0.2) is 5.11 Å². The standard InChI is InChI=1S/C21H28N4OS/c1-15-5-4-12-25(14-15)19-9-6-17(7-10-19)16(2)23-21(27)24-18-8-11-20(26-3)22-13-18/h6-11,13,15-16H,4-5,12,14H2,1-3H3,(H2,23,24,27)/t15-,16-/m0/s1. The van der Waals surface area contributed by atoms with Crippen LogP contribution in [0.5, 0.6) is 5.88 Å². The average molecular weight is 385 g/mol. The Labute approximate surface area is 167 Å². The molecule has 2 N–H and O–H groups in total. The molecule has 1 aliphatic rings. The molecule has 2 heterocycles. The number of rotatable bonds is 5. The third kappa shape index (κ3) is 5.32. The van der Waals surface area contributed by atoms with Crippen molar-refractivity contribution in [2.45, 2.75) is 32.7 Å². The van der Waals surface area contributed by atoms with Crippen LogP contribution in [0.4, 0.5) is 11.4 Å². The number of piperidine rings is 1. The van der Waals surface area contributed by atoms with Gasteiger partial charge in [-0.25, -0.2) is 4.98 Å². The minimum atomic E-state index is 0.116. The van der Waals surface area contributed by atoms with Gasteiger partial charge >= 0.3 is 0 Å². The maximum atomic E-state index is 5.43. The van der Waals surface area contributed by atoms with E-state index in [1.54, 1.807) is 19.4 Å². The van der Waals surface area contributed by atoms with E-state index in [0.29, 0.717) is 11.0 Å². The Bertz CT molecular complexity index is 748. The first-order valence-electron chi connectivity index (χ1n) is 9.47. The van der Waals surface area contributed by atoms with Crippen LogP contribution >= 0.6 is 12.2 Å². The number of ether oxygens (including phenoxy) is 1. The van der Waals surface area contributed by atoms with E-state index in [9.17, 15) is 0 Å². The highest BCUT2D eigenvalue weighted by Gasteiger charge is 2.17. The van der Waals surface area contributed by atoms with Gasteiger partial charge in [-0.3, -0.25) is 0 Å². The van der Waals surface area contributed by atoms with Gasteiger partial charge in [-0.2, -0.15) is 0 Å². The van der Waals surface area contributed by atoms with Gasteiger partial charge in [-0.15, -0.1) is 0 Å². The second kappa shape index (κ2) is 9.04. The quantitative estimate of drug-likeness (QED) is 0.747. The van der Waals surface area contributed by atoms with Crippen LogP contribution < -0.4 is 20.3 Å². The predicted molar refractivity (Wildman–Crippen MR) is 116 cm³/mol. The first kappa shape index (κ1) is 19.4. The van der Waals surface area contributed by atoms with E-state index in [4.69, 9.17) is 17.0 Å². The zero-order chi connectivity index (χ0) is 19.2. The first-order chi connectivity index (χ1) is 13.0. The molecule has 0 amide bonds. The predicted octanol–water partition coefficient (Wildman–Crippen LogP) is 4.37. The van der Waals surface area contributed by atoms with Crippen LogP contribution in [0, 0.1) is 5.92 Å². The fraction of sp³-hybridized carbons (Fsp3) is 0.429. The summed E-state index contributed by atoms with van der Waals surface area (Å²) < 4.78 is 5.06. The SMILES string of the molecule is COc1ccc(NC(=S)N[C@@H](C)c2ccc(N3CCC[C@H](C)C3)cc2)cn1. The van der Waals surface area contributed by atoms with Gasteiger partial charge in [0.25, 0.3) is 0 Å². The number of anilines is 2. The molecule has 1 aromatic carbocycles. The molecule has 2 aromatic rings. The lowest BCUT2D eigenvalue weighted by Crippen LogP contribution is -2.34. The molecule has 1 saturated heterocycles. The lowest BCUT2D eigenvalue weighted by atomic mass is 9.99. The molecule has 27 heavy (non-hydrogen) atoms. The summed E-state index contributed by atoms with van der Waals surface area (Å²) in [6.45, 7) is 6.75. The zero-order valence-corrected chi connectivity index (χ0v) is 17.1. The van der Waals surface area contributed by atoms with Crippen LogP contribution in [-0.2, 0) is 0 Å². The largest absolute Gasteiger partial charge is 0.481 e. The summed E-state index contributed by atoms with van der Waals surface area (Å²) in [7, 11) is 1.60. The minimum absolute atomic E-state index is 0.116. The number of nitrogens with zero attached hydrogens (tertiary/aromatic N) is 2. The number of hydrogen-bond acceptors (Lipinski definition) is 4. The van der Waals surface area contributed by atoms with Gasteiger partial charge < -0.3 is 20.3 Å². The number of hydrogen-bond donors (Lipinski definition) is 2. The summed E-state index contributed by atoms with van der Waals surface area (Å²) in [5.74, 6) is 1.35. The van der Waals surface area contributed by atoms with E-state index >= 15 is 0 Å². The summed E-state index contributed by atoms with van der Waals surface area (Å²) in [6, 6.07) is 12.6. The summed E-state index contributed by atoms with van der Waals surface area (Å²) in [5, 5.41) is 7.06. The highest BCUT2D eigenvalue weighted by Crippen LogP contribution is 2.24. The van der Waals surface area contributed by atoms with Crippen molar-refractivity contribution in [3.63, 3.8) is 0 Å². The molecule has 144 valence electrons. The number of pyridine rings is 1. The Morgan fingerprint density at radius 1 is 1.26 bits per heavy atom. The lowest BCUT2D eigenvalue weighted by molar-refractivity contribution is 0.398. The van der Waals surface area contributed by atoms with Crippen LogP contribution in [0.15, 0.2) is 42.6 Å². The van der Waals surface area contributed by atoms with Gasteiger partial charge in [0.1, 0.15) is 0 Å². The molecule has 0 bridgehead atoms. The molecule has 1 aliphatic heterocycles. The number of aromatic nitrogens is 1. The van der Waals surface area contributed by atoms with E-state index in [2.05, 4.69) is 58.6 Å². The molecule has 2 atom stereocenters. The fourth-order valence-corrected chi connectivity index (χ4v) is 3.71. The third-order valence-electron chi connectivity index (χ3n) is 4.97. The van der Waals surface area contributed by atoms with Crippen molar-refractivity contribution < 1.29 is 4.74 Å². The Hall–Kier alpha value is -2.34. The molecule has 0 saturated carbocycles. The second-order valence-corrected chi connectivity index (χ2v) is 7.60. The monoisotopic (exact) mass is 384 g/mol. The van der Waals surface area contributed by atoms with Crippen molar-refractivity contribution in [2.24, 2.45) is 5.92 Å². The first-order valence-corrected chi connectivity index (χ1v) is 9.88. The Morgan fingerprint density at radius 3 is 2.67 bits per heavy atom. The molecular weight excluding hydrogens is 356 g/mol. The Balaban J connectivity index is 1.55. The maximum absolute atomic E-state index is 5.43. The Morgan fingerprint density at radius 2 is 2.04 bits per heavy atom. The van der Waals surface area contributed by atoms with Crippen LogP contribution in [0.2, 0.25) is 0 Å². The van der Waals surface area contributed by atoms with Crippen LogP contribution in [-0.4, -0.2) is 30.3 Å². The van der Waals surface area contributed by atoms with E-state index in [1.807, 2.05) is 6.07 Å². The molecule has 0 radical (unpaired) electrons. The third-order valence-corrected chi connectivity index (χ3v) is 5.19. The van der Waals surface area contributed by atoms with Crippen molar-refractivity contribution >= 4 is 28.7 Å². The molecule has 0 spiro atoms. The summed E-state index contributed by atoms with van der Waals surface area (Å²) in [5.41, 5.74) is 3.35. The van der Waals surface area contributed by atoms with Crippen molar-refractivity contribution in [3.05, 3.63) is 48.2 Å². The highest BCUT2D eigenvalue weighted by molar-refractivity contribution is 7.80. The molecule has 6 heteroatoms. The van der Waals surface area contributed by atoms with Gasteiger partial charge in [0.2, 0.25) is 5.88 Å². The molecule has 1 fully saturated rings. The average Bonchev–Trinajstić information content (AvgIpc) is 2.68. The smallest absolute Gasteiger partial charge is 0.213 e. The normalized spacial score (nSPS) is 17.9. The molecule has 5 nitrogen and oxygen atoms in total. The van der Waals surface area contributed by atoms with Gasteiger partial charge in [-0.1, -0.05) is 19.1 Å². The highest BCUT2D eigenvalue weighted by atomic mass is 32.1. The van der Waals surface area contributed by atoms with E-state index < -0.39 is 0 Å². The molecular formula is C21H28N4OS. The van der Waals surface area contributed by atoms with Crippen molar-refractivity contribution in [1.82, 2.24) is 10.3 Å². The van der Waals surface area contributed by atoms with Crippen molar-refractivity contribution in [2.75, 3.05) is 30.4 Å². The van der Waals surface area contributed by atoms with Gasteiger partial charge in [0.05, 0.1) is 25.0 Å². The number of nitrogens with one attached hydrogen (secondary N) is 2. The molecule has 0 aliphatic carbocycles.